The Kier molecular flexibility index (Phi) is 5.76. The first-order valence-electron chi connectivity index (χ1n) is 8.23. The monoisotopic (exact) mass is 295 g/mol. The first kappa shape index (κ1) is 16.4. The van der Waals surface area contributed by atoms with Gasteiger partial charge in [0.15, 0.2) is 5.82 Å². The first-order chi connectivity index (χ1) is 9.99. The number of rotatable bonds is 5. The summed E-state index contributed by atoms with van der Waals surface area (Å²) in [6.45, 7) is 6.27. The van der Waals surface area contributed by atoms with Gasteiger partial charge in [0.1, 0.15) is 5.54 Å². The van der Waals surface area contributed by atoms with Crippen LogP contribution in [0.4, 0.5) is 0 Å². The molecule has 1 aromatic heterocycles. The summed E-state index contributed by atoms with van der Waals surface area (Å²) in [7, 11) is 0. The lowest BCUT2D eigenvalue weighted by molar-refractivity contribution is 0.0410. The zero-order chi connectivity index (χ0) is 15.3. The summed E-state index contributed by atoms with van der Waals surface area (Å²) in [6.07, 6.45) is 8.91. The average Bonchev–Trinajstić information content (AvgIpc) is 2.86. The van der Waals surface area contributed by atoms with E-state index in [-0.39, 0.29) is 6.10 Å². The molecule has 5 nitrogen and oxygen atoms in total. The van der Waals surface area contributed by atoms with Gasteiger partial charge in [-0.05, 0) is 33.6 Å². The number of nitrogens with two attached hydrogens (primary N) is 1. The molecule has 1 atom stereocenters. The largest absolute Gasteiger partial charge is 0.376 e. The van der Waals surface area contributed by atoms with E-state index >= 15 is 0 Å². The van der Waals surface area contributed by atoms with Gasteiger partial charge in [-0.3, -0.25) is 0 Å². The van der Waals surface area contributed by atoms with E-state index in [1.807, 2.05) is 20.8 Å². The highest BCUT2D eigenvalue weighted by atomic mass is 16.5. The Morgan fingerprint density at radius 2 is 1.86 bits per heavy atom. The van der Waals surface area contributed by atoms with Crippen molar-refractivity contribution in [3.8, 4) is 0 Å². The maximum Gasteiger partial charge on any atom is 0.229 e. The minimum atomic E-state index is -0.701. The molecule has 1 saturated carbocycles. The molecule has 1 unspecified atom stereocenters. The highest BCUT2D eigenvalue weighted by molar-refractivity contribution is 5.04. The fraction of sp³-hybridized carbons (Fsp3) is 0.875. The van der Waals surface area contributed by atoms with E-state index in [1.165, 1.54) is 32.1 Å². The summed E-state index contributed by atoms with van der Waals surface area (Å²) in [6, 6.07) is 0. The molecule has 0 aromatic carbocycles. The van der Waals surface area contributed by atoms with E-state index < -0.39 is 5.54 Å². The van der Waals surface area contributed by atoms with Gasteiger partial charge in [0.05, 0.1) is 12.7 Å². The molecule has 1 aliphatic rings. The van der Waals surface area contributed by atoms with Gasteiger partial charge in [0.25, 0.3) is 0 Å². The summed E-state index contributed by atoms with van der Waals surface area (Å²) >= 11 is 0. The Morgan fingerprint density at radius 3 is 2.48 bits per heavy atom. The predicted molar refractivity (Wildman–Crippen MR) is 82.0 cm³/mol. The molecule has 1 aromatic rings. The van der Waals surface area contributed by atoms with Crippen molar-refractivity contribution in [1.82, 2.24) is 10.1 Å². The van der Waals surface area contributed by atoms with Gasteiger partial charge in [-0.15, -0.1) is 0 Å². The van der Waals surface area contributed by atoms with Crippen LogP contribution in [0.25, 0.3) is 0 Å². The summed E-state index contributed by atoms with van der Waals surface area (Å²) in [5, 5.41) is 4.10. The number of hydrogen-bond acceptors (Lipinski definition) is 5. The minimum absolute atomic E-state index is 0.143. The molecule has 5 heteroatoms. The summed E-state index contributed by atoms with van der Waals surface area (Å²) < 4.78 is 11.1. The third-order valence-electron chi connectivity index (χ3n) is 4.12. The van der Waals surface area contributed by atoms with Crippen molar-refractivity contribution in [1.29, 1.82) is 0 Å². The lowest BCUT2D eigenvalue weighted by atomic mass is 9.91. The van der Waals surface area contributed by atoms with Crippen LogP contribution >= 0.6 is 0 Å². The molecule has 0 aliphatic heterocycles. The SMILES string of the molecule is CC(C)OCC(C)(N)c1noc(C2CCCCCCC2)n1. The van der Waals surface area contributed by atoms with Crippen LogP contribution in [0.2, 0.25) is 0 Å². The van der Waals surface area contributed by atoms with Gasteiger partial charge in [-0.25, -0.2) is 0 Å². The maximum absolute atomic E-state index is 6.28. The van der Waals surface area contributed by atoms with Crippen LogP contribution < -0.4 is 5.73 Å². The van der Waals surface area contributed by atoms with Crippen molar-refractivity contribution >= 4 is 0 Å². The van der Waals surface area contributed by atoms with Crippen LogP contribution in [0, 0.1) is 0 Å². The van der Waals surface area contributed by atoms with E-state index in [4.69, 9.17) is 15.0 Å². The van der Waals surface area contributed by atoms with Crippen molar-refractivity contribution in [3.05, 3.63) is 11.7 Å². The molecule has 2 rings (SSSR count). The van der Waals surface area contributed by atoms with E-state index in [9.17, 15) is 0 Å². The molecule has 2 N–H and O–H groups in total. The van der Waals surface area contributed by atoms with Gasteiger partial charge in [0.2, 0.25) is 5.89 Å². The summed E-state index contributed by atoms with van der Waals surface area (Å²) in [5.41, 5.74) is 5.57. The Bertz CT molecular complexity index is 421. The zero-order valence-corrected chi connectivity index (χ0v) is 13.6. The molecule has 0 saturated heterocycles. The highest BCUT2D eigenvalue weighted by Gasteiger charge is 2.30. The van der Waals surface area contributed by atoms with Gasteiger partial charge in [-0.2, -0.15) is 4.98 Å². The third-order valence-corrected chi connectivity index (χ3v) is 4.12. The highest BCUT2D eigenvalue weighted by Crippen LogP contribution is 2.30. The van der Waals surface area contributed by atoms with Crippen molar-refractivity contribution in [2.75, 3.05) is 6.61 Å². The molecule has 0 amide bonds. The smallest absolute Gasteiger partial charge is 0.229 e. The van der Waals surface area contributed by atoms with Crippen molar-refractivity contribution in [2.45, 2.75) is 83.3 Å². The third kappa shape index (κ3) is 4.78. The van der Waals surface area contributed by atoms with E-state index in [2.05, 4.69) is 10.1 Å². The standard InChI is InChI=1S/C16H29N3O2/c1-12(2)20-11-16(3,17)15-18-14(21-19-15)13-9-7-5-4-6-8-10-13/h12-13H,4-11,17H2,1-3H3. The fourth-order valence-corrected chi connectivity index (χ4v) is 2.74. The number of ether oxygens (including phenoxy) is 1. The van der Waals surface area contributed by atoms with Crippen LogP contribution in [0.15, 0.2) is 4.52 Å². The minimum Gasteiger partial charge on any atom is -0.376 e. The molecule has 1 heterocycles. The van der Waals surface area contributed by atoms with Crippen LogP contribution in [0.5, 0.6) is 0 Å². The van der Waals surface area contributed by atoms with E-state index in [0.717, 1.165) is 18.7 Å². The fourth-order valence-electron chi connectivity index (χ4n) is 2.74. The lowest BCUT2D eigenvalue weighted by Crippen LogP contribution is -2.40. The Morgan fingerprint density at radius 1 is 1.24 bits per heavy atom. The second-order valence-electron chi connectivity index (χ2n) is 6.78. The van der Waals surface area contributed by atoms with Crippen molar-refractivity contribution in [3.63, 3.8) is 0 Å². The van der Waals surface area contributed by atoms with Crippen LogP contribution in [0.3, 0.4) is 0 Å². The molecule has 0 radical (unpaired) electrons. The predicted octanol–water partition coefficient (Wildman–Crippen LogP) is 3.50. The quantitative estimate of drug-likeness (QED) is 0.900. The van der Waals surface area contributed by atoms with Gasteiger partial charge in [0, 0.05) is 5.92 Å². The number of nitrogens with zero attached hydrogens (tertiary/aromatic N) is 2. The molecule has 0 spiro atoms. The van der Waals surface area contributed by atoms with Crippen LogP contribution in [0.1, 0.15) is 83.3 Å². The molecule has 1 fully saturated rings. The average molecular weight is 295 g/mol. The van der Waals surface area contributed by atoms with Crippen molar-refractivity contribution < 1.29 is 9.26 Å². The summed E-state index contributed by atoms with van der Waals surface area (Å²) in [4.78, 5) is 4.57. The van der Waals surface area contributed by atoms with Crippen LogP contribution in [-0.2, 0) is 10.3 Å². The second-order valence-corrected chi connectivity index (χ2v) is 6.78. The Balaban J connectivity index is 2.01. The Hall–Kier alpha value is -0.940. The first-order valence-corrected chi connectivity index (χ1v) is 8.23. The molecular weight excluding hydrogens is 266 g/mol. The Labute approximate surface area is 127 Å². The maximum atomic E-state index is 6.28. The zero-order valence-electron chi connectivity index (χ0n) is 13.6. The molecule has 1 aliphatic carbocycles. The van der Waals surface area contributed by atoms with E-state index in [1.54, 1.807) is 0 Å². The summed E-state index contributed by atoms with van der Waals surface area (Å²) in [5.74, 6) is 1.71. The lowest BCUT2D eigenvalue weighted by Gasteiger charge is -2.21. The number of hydrogen-bond donors (Lipinski definition) is 1. The molecule has 120 valence electrons. The van der Waals surface area contributed by atoms with Crippen molar-refractivity contribution in [2.24, 2.45) is 5.73 Å². The van der Waals surface area contributed by atoms with E-state index in [0.29, 0.717) is 18.3 Å². The van der Waals surface area contributed by atoms with Gasteiger partial charge < -0.3 is 15.0 Å². The normalized spacial score (nSPS) is 21.0. The molecule has 0 bridgehead atoms. The number of aromatic nitrogens is 2. The topological polar surface area (TPSA) is 74.2 Å². The molecule has 21 heavy (non-hydrogen) atoms. The molecular formula is C16H29N3O2. The van der Waals surface area contributed by atoms with Crippen LogP contribution in [-0.4, -0.2) is 22.9 Å². The van der Waals surface area contributed by atoms with Gasteiger partial charge >= 0.3 is 0 Å². The second kappa shape index (κ2) is 7.36. The van der Waals surface area contributed by atoms with Gasteiger partial charge in [-0.1, -0.05) is 37.3 Å².